The molecule has 3 heterocycles. The van der Waals surface area contributed by atoms with Crippen LogP contribution in [0.15, 0.2) is 6.33 Å². The summed E-state index contributed by atoms with van der Waals surface area (Å²) in [6, 6.07) is -0.428. The van der Waals surface area contributed by atoms with Gasteiger partial charge >= 0.3 is 5.97 Å². The standard InChI is InChI=1S/C15H24N6O3/c1-12(22)19-7-3-15(4-8-19)9-13(14(23)24)20(10-15)5-2-6-21-11-16-17-18-21/h11,13H,2-10H2,1H3,(H,23,24)/t13-/m0/s1. The number of piperidine rings is 1. The maximum atomic E-state index is 11.7. The molecule has 9 nitrogen and oxygen atoms in total. The van der Waals surface area contributed by atoms with Gasteiger partial charge < -0.3 is 10.0 Å². The van der Waals surface area contributed by atoms with Crippen molar-refractivity contribution in [3.63, 3.8) is 0 Å². The third-order valence-electron chi connectivity index (χ3n) is 5.38. The third kappa shape index (κ3) is 3.55. The van der Waals surface area contributed by atoms with Crippen molar-refractivity contribution in [1.82, 2.24) is 30.0 Å². The summed E-state index contributed by atoms with van der Waals surface area (Å²) >= 11 is 0. The molecular formula is C15H24N6O3. The number of aryl methyl sites for hydroxylation is 1. The van der Waals surface area contributed by atoms with E-state index in [0.29, 0.717) is 13.0 Å². The first-order valence-corrected chi connectivity index (χ1v) is 8.42. The van der Waals surface area contributed by atoms with E-state index < -0.39 is 12.0 Å². The number of tetrazole rings is 1. The van der Waals surface area contributed by atoms with Gasteiger partial charge in [0.25, 0.3) is 0 Å². The number of nitrogens with zero attached hydrogens (tertiary/aromatic N) is 6. The summed E-state index contributed by atoms with van der Waals surface area (Å²) in [6.45, 7) is 5.26. The molecule has 0 aromatic carbocycles. The highest BCUT2D eigenvalue weighted by Gasteiger charge is 2.47. The van der Waals surface area contributed by atoms with Gasteiger partial charge in [0, 0.05) is 39.6 Å². The summed E-state index contributed by atoms with van der Waals surface area (Å²) in [5, 5.41) is 20.6. The molecule has 1 aromatic rings. The van der Waals surface area contributed by atoms with E-state index in [-0.39, 0.29) is 11.3 Å². The minimum absolute atomic E-state index is 0.0316. The zero-order chi connectivity index (χ0) is 17.2. The number of rotatable bonds is 5. The van der Waals surface area contributed by atoms with Gasteiger partial charge in [-0.15, -0.1) is 5.10 Å². The fraction of sp³-hybridized carbons (Fsp3) is 0.800. The van der Waals surface area contributed by atoms with Crippen LogP contribution in [0.3, 0.4) is 0 Å². The van der Waals surface area contributed by atoms with Gasteiger partial charge in [0.1, 0.15) is 12.4 Å². The molecule has 24 heavy (non-hydrogen) atoms. The van der Waals surface area contributed by atoms with Gasteiger partial charge in [-0.1, -0.05) is 0 Å². The maximum absolute atomic E-state index is 11.7. The Bertz CT molecular complexity index is 582. The Morgan fingerprint density at radius 2 is 2.04 bits per heavy atom. The summed E-state index contributed by atoms with van der Waals surface area (Å²) in [5.74, 6) is -0.640. The minimum Gasteiger partial charge on any atom is -0.480 e. The van der Waals surface area contributed by atoms with E-state index in [2.05, 4.69) is 20.4 Å². The fourth-order valence-corrected chi connectivity index (χ4v) is 4.00. The van der Waals surface area contributed by atoms with Crippen molar-refractivity contribution in [2.24, 2.45) is 5.41 Å². The van der Waals surface area contributed by atoms with Crippen LogP contribution in [-0.2, 0) is 16.1 Å². The molecule has 1 aromatic heterocycles. The lowest BCUT2D eigenvalue weighted by Gasteiger charge is -2.39. The molecule has 3 rings (SSSR count). The number of amides is 1. The Hall–Kier alpha value is -2.03. The topological polar surface area (TPSA) is 104 Å². The molecule has 1 amide bonds. The van der Waals surface area contributed by atoms with Crippen molar-refractivity contribution >= 4 is 11.9 Å². The van der Waals surface area contributed by atoms with Crippen LogP contribution in [0, 0.1) is 5.41 Å². The predicted octanol–water partition coefficient (Wildman–Crippen LogP) is -0.149. The number of carbonyl (C=O) groups is 2. The van der Waals surface area contributed by atoms with Crippen molar-refractivity contribution in [2.75, 3.05) is 26.2 Å². The molecule has 1 N–H and O–H groups in total. The SMILES string of the molecule is CC(=O)N1CCC2(CC1)C[C@@H](C(=O)O)N(CCCn1cnnn1)C2. The number of carbonyl (C=O) groups excluding carboxylic acids is 1. The predicted molar refractivity (Wildman–Crippen MR) is 84.0 cm³/mol. The molecule has 0 unspecified atom stereocenters. The van der Waals surface area contributed by atoms with Gasteiger partial charge in [0.2, 0.25) is 5.91 Å². The molecule has 1 atom stereocenters. The summed E-state index contributed by atoms with van der Waals surface area (Å²) in [4.78, 5) is 27.1. The van der Waals surface area contributed by atoms with Crippen LogP contribution in [-0.4, -0.2) is 79.2 Å². The summed E-state index contributed by atoms with van der Waals surface area (Å²) in [6.07, 6.45) is 4.83. The molecule has 9 heteroatoms. The van der Waals surface area contributed by atoms with Gasteiger partial charge in [0.05, 0.1) is 0 Å². The van der Waals surface area contributed by atoms with Gasteiger partial charge in [-0.3, -0.25) is 14.5 Å². The smallest absolute Gasteiger partial charge is 0.320 e. The van der Waals surface area contributed by atoms with E-state index in [4.69, 9.17) is 0 Å². The van der Waals surface area contributed by atoms with E-state index in [9.17, 15) is 14.7 Å². The van der Waals surface area contributed by atoms with Gasteiger partial charge in [0.15, 0.2) is 0 Å². The average molecular weight is 336 g/mol. The Morgan fingerprint density at radius 1 is 1.29 bits per heavy atom. The quantitative estimate of drug-likeness (QED) is 0.797. The monoisotopic (exact) mass is 336 g/mol. The number of carboxylic acid groups (broad SMARTS) is 1. The van der Waals surface area contributed by atoms with Crippen molar-refractivity contribution in [3.8, 4) is 0 Å². The maximum Gasteiger partial charge on any atom is 0.320 e. The second-order valence-electron chi connectivity index (χ2n) is 6.96. The Labute approximate surface area is 140 Å². The third-order valence-corrected chi connectivity index (χ3v) is 5.38. The highest BCUT2D eigenvalue weighted by molar-refractivity contribution is 5.74. The second kappa shape index (κ2) is 6.84. The molecule has 2 saturated heterocycles. The molecule has 2 aliphatic rings. The normalized spacial score (nSPS) is 23.7. The highest BCUT2D eigenvalue weighted by atomic mass is 16.4. The number of carboxylic acids is 1. The van der Waals surface area contributed by atoms with E-state index in [0.717, 1.165) is 45.4 Å². The number of likely N-dealkylation sites (tertiary alicyclic amines) is 2. The molecule has 0 saturated carbocycles. The van der Waals surface area contributed by atoms with E-state index in [1.165, 1.54) is 0 Å². The molecule has 2 aliphatic heterocycles. The molecule has 132 valence electrons. The van der Waals surface area contributed by atoms with Crippen LogP contribution in [0.25, 0.3) is 0 Å². The number of hydrogen-bond donors (Lipinski definition) is 1. The lowest BCUT2D eigenvalue weighted by molar-refractivity contribution is -0.142. The average Bonchev–Trinajstić information content (AvgIpc) is 3.17. The lowest BCUT2D eigenvalue weighted by atomic mass is 9.76. The fourth-order valence-electron chi connectivity index (χ4n) is 4.00. The van der Waals surface area contributed by atoms with Crippen LogP contribution in [0.1, 0.15) is 32.6 Å². The Morgan fingerprint density at radius 3 is 2.62 bits per heavy atom. The Kier molecular flexibility index (Phi) is 4.79. The Balaban J connectivity index is 1.57. The first-order chi connectivity index (χ1) is 11.5. The summed E-state index contributed by atoms with van der Waals surface area (Å²) in [7, 11) is 0. The van der Waals surface area contributed by atoms with E-state index in [1.807, 2.05) is 4.90 Å². The van der Waals surface area contributed by atoms with Crippen LogP contribution in [0.2, 0.25) is 0 Å². The van der Waals surface area contributed by atoms with Gasteiger partial charge in [-0.05, 0) is 41.5 Å². The summed E-state index contributed by atoms with van der Waals surface area (Å²) in [5.41, 5.74) is 0.0316. The second-order valence-corrected chi connectivity index (χ2v) is 6.96. The molecule has 0 aliphatic carbocycles. The van der Waals surface area contributed by atoms with E-state index in [1.54, 1.807) is 17.9 Å². The highest BCUT2D eigenvalue weighted by Crippen LogP contribution is 2.43. The molecule has 0 radical (unpaired) electrons. The van der Waals surface area contributed by atoms with Crippen molar-refractivity contribution in [3.05, 3.63) is 6.33 Å². The molecule has 1 spiro atoms. The molecular weight excluding hydrogens is 312 g/mol. The molecule has 2 fully saturated rings. The van der Waals surface area contributed by atoms with Crippen LogP contribution in [0.4, 0.5) is 0 Å². The van der Waals surface area contributed by atoms with Crippen molar-refractivity contribution in [2.45, 2.75) is 45.2 Å². The number of aromatic nitrogens is 4. The first kappa shape index (κ1) is 16.8. The van der Waals surface area contributed by atoms with E-state index >= 15 is 0 Å². The zero-order valence-electron chi connectivity index (χ0n) is 14.0. The largest absolute Gasteiger partial charge is 0.480 e. The first-order valence-electron chi connectivity index (χ1n) is 8.42. The van der Waals surface area contributed by atoms with Crippen LogP contribution >= 0.6 is 0 Å². The van der Waals surface area contributed by atoms with Crippen LogP contribution in [0.5, 0.6) is 0 Å². The van der Waals surface area contributed by atoms with Crippen molar-refractivity contribution in [1.29, 1.82) is 0 Å². The van der Waals surface area contributed by atoms with Gasteiger partial charge in [-0.25, -0.2) is 4.68 Å². The summed E-state index contributed by atoms with van der Waals surface area (Å²) < 4.78 is 1.66. The minimum atomic E-state index is -0.747. The molecule has 0 bridgehead atoms. The van der Waals surface area contributed by atoms with Gasteiger partial charge in [-0.2, -0.15) is 0 Å². The van der Waals surface area contributed by atoms with Crippen LogP contribution < -0.4 is 0 Å². The van der Waals surface area contributed by atoms with Crippen molar-refractivity contribution < 1.29 is 14.7 Å². The number of hydrogen-bond acceptors (Lipinski definition) is 6. The lowest BCUT2D eigenvalue weighted by Crippen LogP contribution is -2.43. The number of aliphatic carboxylic acids is 1. The zero-order valence-corrected chi connectivity index (χ0v) is 14.0.